The highest BCUT2D eigenvalue weighted by Gasteiger charge is 2.26. The van der Waals surface area contributed by atoms with Crippen LogP contribution in [0.1, 0.15) is 33.1 Å². The van der Waals surface area contributed by atoms with E-state index < -0.39 is 0 Å². The first kappa shape index (κ1) is 12.0. The van der Waals surface area contributed by atoms with Gasteiger partial charge in [0.2, 0.25) is 11.8 Å². The van der Waals surface area contributed by atoms with Crippen LogP contribution in [0.3, 0.4) is 0 Å². The third kappa shape index (κ3) is 3.53. The molecular weight excluding hydrogens is 192 g/mol. The van der Waals surface area contributed by atoms with Crippen molar-refractivity contribution in [2.24, 2.45) is 5.92 Å². The highest BCUT2D eigenvalue weighted by atomic mass is 16.2. The average Bonchev–Trinajstić information content (AvgIpc) is 2.26. The van der Waals surface area contributed by atoms with Gasteiger partial charge in [0.15, 0.2) is 0 Å². The van der Waals surface area contributed by atoms with Crippen LogP contribution in [0.2, 0.25) is 0 Å². The van der Waals surface area contributed by atoms with Crippen LogP contribution < -0.4 is 5.32 Å². The lowest BCUT2D eigenvalue weighted by molar-refractivity contribution is -0.133. The lowest BCUT2D eigenvalue weighted by atomic mass is 9.97. The molecule has 1 fully saturated rings. The van der Waals surface area contributed by atoms with Gasteiger partial charge in [0.25, 0.3) is 0 Å². The van der Waals surface area contributed by atoms with E-state index in [1.54, 1.807) is 11.8 Å². The van der Waals surface area contributed by atoms with Crippen molar-refractivity contribution in [2.75, 3.05) is 19.6 Å². The van der Waals surface area contributed by atoms with Crippen LogP contribution in [-0.2, 0) is 9.59 Å². The maximum absolute atomic E-state index is 11.7. The number of carbonyl (C=O) groups is 2. The lowest BCUT2D eigenvalue weighted by Crippen LogP contribution is -2.44. The molecule has 0 spiro atoms. The van der Waals surface area contributed by atoms with Gasteiger partial charge in [0, 0.05) is 26.6 Å². The Kier molecular flexibility index (Phi) is 4.59. The molecule has 4 nitrogen and oxygen atoms in total. The Morgan fingerprint density at radius 2 is 2.20 bits per heavy atom. The molecule has 1 rings (SSSR count). The molecule has 2 amide bonds. The quantitative estimate of drug-likeness (QED) is 0.751. The predicted octanol–water partition coefficient (Wildman–Crippen LogP) is 0.771. The van der Waals surface area contributed by atoms with Gasteiger partial charge in [-0.15, -0.1) is 0 Å². The lowest BCUT2D eigenvalue weighted by Gasteiger charge is -2.31. The average molecular weight is 212 g/mol. The number of nitrogens with one attached hydrogen (secondary N) is 1. The largest absolute Gasteiger partial charge is 0.356 e. The molecule has 1 N–H and O–H groups in total. The van der Waals surface area contributed by atoms with Gasteiger partial charge in [-0.2, -0.15) is 0 Å². The molecule has 0 radical (unpaired) electrons. The summed E-state index contributed by atoms with van der Waals surface area (Å²) in [5, 5.41) is 2.88. The summed E-state index contributed by atoms with van der Waals surface area (Å²) >= 11 is 0. The van der Waals surface area contributed by atoms with Crippen molar-refractivity contribution in [2.45, 2.75) is 33.1 Å². The fourth-order valence-corrected chi connectivity index (χ4v) is 1.87. The van der Waals surface area contributed by atoms with Gasteiger partial charge in [0.05, 0.1) is 5.92 Å². The Bertz CT molecular complexity index is 241. The van der Waals surface area contributed by atoms with Gasteiger partial charge in [-0.25, -0.2) is 0 Å². The molecule has 1 heterocycles. The maximum atomic E-state index is 11.7. The van der Waals surface area contributed by atoms with Crippen molar-refractivity contribution in [3.8, 4) is 0 Å². The Morgan fingerprint density at radius 3 is 2.80 bits per heavy atom. The summed E-state index contributed by atoms with van der Waals surface area (Å²) in [7, 11) is 0. The first-order chi connectivity index (χ1) is 7.15. The van der Waals surface area contributed by atoms with E-state index in [1.165, 1.54) is 0 Å². The fraction of sp³-hybridized carbons (Fsp3) is 0.818. The van der Waals surface area contributed by atoms with Crippen LogP contribution in [0.25, 0.3) is 0 Å². The molecule has 1 atom stereocenters. The summed E-state index contributed by atoms with van der Waals surface area (Å²) in [6, 6.07) is 0. The minimum Gasteiger partial charge on any atom is -0.356 e. The highest BCUT2D eigenvalue weighted by Crippen LogP contribution is 2.16. The van der Waals surface area contributed by atoms with Gasteiger partial charge in [-0.05, 0) is 19.3 Å². The zero-order valence-electron chi connectivity index (χ0n) is 9.58. The van der Waals surface area contributed by atoms with Crippen LogP contribution >= 0.6 is 0 Å². The van der Waals surface area contributed by atoms with Crippen LogP contribution in [0.15, 0.2) is 0 Å². The number of nitrogens with zero attached hydrogens (tertiary/aromatic N) is 1. The molecule has 0 saturated carbocycles. The topological polar surface area (TPSA) is 49.4 Å². The van der Waals surface area contributed by atoms with Crippen molar-refractivity contribution in [1.29, 1.82) is 0 Å². The minimum atomic E-state index is -0.00537. The highest BCUT2D eigenvalue weighted by molar-refractivity contribution is 5.80. The molecule has 0 aromatic carbocycles. The smallest absolute Gasteiger partial charge is 0.224 e. The SMILES string of the molecule is CCCNC(=O)C1CCCN(C(C)=O)C1. The monoisotopic (exact) mass is 212 g/mol. The number of carbonyl (C=O) groups excluding carboxylic acids is 2. The molecule has 0 aromatic rings. The molecule has 1 saturated heterocycles. The standard InChI is InChI=1S/C11H20N2O2/c1-3-6-12-11(15)10-5-4-7-13(8-10)9(2)14/h10H,3-8H2,1-2H3,(H,12,15). The maximum Gasteiger partial charge on any atom is 0.224 e. The van der Waals surface area contributed by atoms with Gasteiger partial charge in [0.1, 0.15) is 0 Å². The third-order valence-electron chi connectivity index (χ3n) is 2.79. The van der Waals surface area contributed by atoms with E-state index in [0.717, 1.165) is 32.4 Å². The zero-order valence-corrected chi connectivity index (χ0v) is 9.58. The second-order valence-corrected chi connectivity index (χ2v) is 4.10. The Labute approximate surface area is 91.0 Å². The molecule has 1 unspecified atom stereocenters. The van der Waals surface area contributed by atoms with E-state index in [9.17, 15) is 9.59 Å². The number of likely N-dealkylation sites (tertiary alicyclic amines) is 1. The van der Waals surface area contributed by atoms with Crippen LogP contribution in [-0.4, -0.2) is 36.3 Å². The summed E-state index contributed by atoms with van der Waals surface area (Å²) in [6.07, 6.45) is 2.79. The van der Waals surface area contributed by atoms with Crippen LogP contribution in [0, 0.1) is 5.92 Å². The van der Waals surface area contributed by atoms with Crippen LogP contribution in [0.5, 0.6) is 0 Å². The van der Waals surface area contributed by atoms with Crippen molar-refractivity contribution in [1.82, 2.24) is 10.2 Å². The van der Waals surface area contributed by atoms with E-state index in [-0.39, 0.29) is 17.7 Å². The third-order valence-corrected chi connectivity index (χ3v) is 2.79. The molecule has 0 aliphatic carbocycles. The Balaban J connectivity index is 2.41. The van der Waals surface area contributed by atoms with E-state index in [2.05, 4.69) is 5.32 Å². The van der Waals surface area contributed by atoms with Crippen molar-refractivity contribution < 1.29 is 9.59 Å². The second kappa shape index (κ2) is 5.73. The molecule has 0 aromatic heterocycles. The molecule has 4 heteroatoms. The first-order valence-corrected chi connectivity index (χ1v) is 5.68. The molecule has 1 aliphatic heterocycles. The summed E-state index contributed by atoms with van der Waals surface area (Å²) in [5.41, 5.74) is 0. The van der Waals surface area contributed by atoms with Gasteiger partial charge in [-0.1, -0.05) is 6.92 Å². The summed E-state index contributed by atoms with van der Waals surface area (Å²) in [6.45, 7) is 5.71. The normalized spacial score (nSPS) is 21.2. The van der Waals surface area contributed by atoms with E-state index in [0.29, 0.717) is 6.54 Å². The number of hydrogen-bond acceptors (Lipinski definition) is 2. The second-order valence-electron chi connectivity index (χ2n) is 4.10. The van der Waals surface area contributed by atoms with E-state index in [4.69, 9.17) is 0 Å². The van der Waals surface area contributed by atoms with Crippen molar-refractivity contribution in [3.05, 3.63) is 0 Å². The van der Waals surface area contributed by atoms with Crippen LogP contribution in [0.4, 0.5) is 0 Å². The number of rotatable bonds is 3. The minimum absolute atomic E-state index is 0.00537. The molecule has 15 heavy (non-hydrogen) atoms. The first-order valence-electron chi connectivity index (χ1n) is 5.68. The number of hydrogen-bond donors (Lipinski definition) is 1. The Hall–Kier alpha value is -1.06. The van der Waals surface area contributed by atoms with E-state index >= 15 is 0 Å². The fourth-order valence-electron chi connectivity index (χ4n) is 1.87. The van der Waals surface area contributed by atoms with Gasteiger partial charge in [-0.3, -0.25) is 9.59 Å². The van der Waals surface area contributed by atoms with Gasteiger partial charge < -0.3 is 10.2 Å². The summed E-state index contributed by atoms with van der Waals surface area (Å²) in [4.78, 5) is 24.6. The molecule has 1 aliphatic rings. The van der Waals surface area contributed by atoms with Crippen molar-refractivity contribution >= 4 is 11.8 Å². The Morgan fingerprint density at radius 1 is 1.47 bits per heavy atom. The molecular formula is C11H20N2O2. The zero-order chi connectivity index (χ0) is 11.3. The summed E-state index contributed by atoms with van der Waals surface area (Å²) in [5.74, 6) is 0.167. The molecule has 86 valence electrons. The van der Waals surface area contributed by atoms with E-state index in [1.807, 2.05) is 6.92 Å². The number of amides is 2. The summed E-state index contributed by atoms with van der Waals surface area (Å²) < 4.78 is 0. The number of piperidine rings is 1. The molecule has 0 bridgehead atoms. The van der Waals surface area contributed by atoms with Crippen molar-refractivity contribution in [3.63, 3.8) is 0 Å². The van der Waals surface area contributed by atoms with Gasteiger partial charge >= 0.3 is 0 Å². The predicted molar refractivity (Wildman–Crippen MR) is 58.3 cm³/mol.